The molecule has 0 saturated heterocycles. The molecular formula is C12H20N2O3. The largest absolute Gasteiger partial charge is 0.453 e. The van der Waals surface area contributed by atoms with Gasteiger partial charge in [0.05, 0.1) is 0 Å². The minimum Gasteiger partial charge on any atom is -0.453 e. The average Bonchev–Trinajstić information content (AvgIpc) is 2.75. The number of nitrogens with one attached hydrogen (secondary N) is 2. The van der Waals surface area contributed by atoms with Crippen LogP contribution in [0.15, 0.2) is 16.5 Å². The van der Waals surface area contributed by atoms with Crippen molar-refractivity contribution >= 4 is 5.91 Å². The van der Waals surface area contributed by atoms with Gasteiger partial charge >= 0.3 is 0 Å². The summed E-state index contributed by atoms with van der Waals surface area (Å²) in [4.78, 5) is 11.7. The number of likely N-dealkylation sites (N-methyl/N-ethyl adjacent to an activating group) is 1. The number of hydrogen-bond donors (Lipinski definition) is 2. The molecule has 0 spiro atoms. The minimum absolute atomic E-state index is 0.197. The summed E-state index contributed by atoms with van der Waals surface area (Å²) in [5.74, 6) is 0.773. The molecule has 0 fully saturated rings. The topological polar surface area (TPSA) is 63.5 Å². The fourth-order valence-electron chi connectivity index (χ4n) is 1.47. The summed E-state index contributed by atoms with van der Waals surface area (Å²) >= 11 is 0. The van der Waals surface area contributed by atoms with Gasteiger partial charge in [-0.15, -0.1) is 0 Å². The lowest BCUT2D eigenvalue weighted by Gasteiger charge is -2.12. The quantitative estimate of drug-likeness (QED) is 0.750. The molecule has 0 saturated carbocycles. The van der Waals surface area contributed by atoms with E-state index in [9.17, 15) is 4.79 Å². The van der Waals surface area contributed by atoms with E-state index in [-0.39, 0.29) is 11.9 Å². The van der Waals surface area contributed by atoms with Gasteiger partial charge in [-0.05, 0) is 25.6 Å². The van der Waals surface area contributed by atoms with Gasteiger partial charge in [-0.1, -0.05) is 6.92 Å². The van der Waals surface area contributed by atoms with E-state index >= 15 is 0 Å². The van der Waals surface area contributed by atoms with Crippen molar-refractivity contribution in [2.45, 2.75) is 26.5 Å². The van der Waals surface area contributed by atoms with Crippen molar-refractivity contribution in [2.75, 3.05) is 20.2 Å². The zero-order valence-corrected chi connectivity index (χ0v) is 10.6. The van der Waals surface area contributed by atoms with Gasteiger partial charge in [-0.3, -0.25) is 4.79 Å². The molecule has 2 N–H and O–H groups in total. The Morgan fingerprint density at radius 1 is 1.53 bits per heavy atom. The number of carbonyl (C=O) groups excluding carboxylic acids is 1. The van der Waals surface area contributed by atoms with E-state index in [4.69, 9.17) is 9.15 Å². The molecule has 1 heterocycles. The van der Waals surface area contributed by atoms with Crippen LogP contribution in [-0.2, 0) is 11.3 Å². The molecule has 5 heteroatoms. The maximum atomic E-state index is 11.7. The zero-order chi connectivity index (χ0) is 12.7. The molecule has 1 aromatic rings. The van der Waals surface area contributed by atoms with Crippen molar-refractivity contribution in [3.8, 4) is 0 Å². The second kappa shape index (κ2) is 7.09. The molecule has 0 radical (unpaired) electrons. The summed E-state index contributed by atoms with van der Waals surface area (Å²) in [7, 11) is 1.58. The van der Waals surface area contributed by atoms with E-state index in [2.05, 4.69) is 10.6 Å². The number of methoxy groups -OCH3 is 1. The average molecular weight is 240 g/mol. The second-order valence-corrected chi connectivity index (χ2v) is 3.87. The van der Waals surface area contributed by atoms with Crippen molar-refractivity contribution < 1.29 is 13.9 Å². The molecule has 0 aromatic carbocycles. The smallest absolute Gasteiger partial charge is 0.287 e. The lowest BCUT2D eigenvalue weighted by Crippen LogP contribution is -2.38. The Labute approximate surface area is 102 Å². The first-order valence-corrected chi connectivity index (χ1v) is 5.76. The Kier molecular flexibility index (Phi) is 5.72. The van der Waals surface area contributed by atoms with Crippen LogP contribution in [0.1, 0.15) is 30.2 Å². The third kappa shape index (κ3) is 4.58. The summed E-state index contributed by atoms with van der Waals surface area (Å²) in [5.41, 5.74) is 0. The Hall–Kier alpha value is -1.33. The Morgan fingerprint density at radius 3 is 2.94 bits per heavy atom. The second-order valence-electron chi connectivity index (χ2n) is 3.87. The maximum Gasteiger partial charge on any atom is 0.287 e. The normalized spacial score (nSPS) is 12.4. The van der Waals surface area contributed by atoms with Crippen molar-refractivity contribution in [3.05, 3.63) is 23.7 Å². The standard InChI is InChI=1S/C12H20N2O3/c1-4-13-9(2)7-14-12(15)11-6-5-10(17-11)8-16-3/h5-6,9,13H,4,7-8H2,1-3H3,(H,14,15)/t9-/m1/s1. The van der Waals surface area contributed by atoms with Crippen molar-refractivity contribution in [1.29, 1.82) is 0 Å². The molecule has 0 aliphatic heterocycles. The van der Waals surface area contributed by atoms with Gasteiger partial charge in [-0.25, -0.2) is 0 Å². The lowest BCUT2D eigenvalue weighted by molar-refractivity contribution is 0.0914. The van der Waals surface area contributed by atoms with Crippen LogP contribution < -0.4 is 10.6 Å². The molecular weight excluding hydrogens is 220 g/mol. The van der Waals surface area contributed by atoms with Crippen molar-refractivity contribution in [2.24, 2.45) is 0 Å². The molecule has 1 amide bonds. The molecule has 1 atom stereocenters. The third-order valence-electron chi connectivity index (χ3n) is 2.29. The number of hydrogen-bond acceptors (Lipinski definition) is 4. The van der Waals surface area contributed by atoms with Crippen LogP contribution in [0.3, 0.4) is 0 Å². The highest BCUT2D eigenvalue weighted by atomic mass is 16.5. The van der Waals surface area contributed by atoms with Gasteiger partial charge in [0.2, 0.25) is 0 Å². The first kappa shape index (κ1) is 13.7. The number of amides is 1. The van der Waals surface area contributed by atoms with Crippen LogP contribution in [0.5, 0.6) is 0 Å². The molecule has 5 nitrogen and oxygen atoms in total. The molecule has 0 aliphatic carbocycles. The SMILES string of the molecule is CCN[C@H](C)CNC(=O)c1ccc(COC)o1. The summed E-state index contributed by atoms with van der Waals surface area (Å²) in [6.45, 7) is 5.88. The number of rotatable bonds is 7. The van der Waals surface area contributed by atoms with Gasteiger partial charge in [0.25, 0.3) is 5.91 Å². The molecule has 17 heavy (non-hydrogen) atoms. The Bertz CT molecular complexity index is 349. The lowest BCUT2D eigenvalue weighted by atomic mass is 10.3. The van der Waals surface area contributed by atoms with E-state index < -0.39 is 0 Å². The molecule has 1 aromatic heterocycles. The maximum absolute atomic E-state index is 11.7. The third-order valence-corrected chi connectivity index (χ3v) is 2.29. The van der Waals surface area contributed by atoms with Crippen LogP contribution in [0.4, 0.5) is 0 Å². The van der Waals surface area contributed by atoms with Gasteiger partial charge in [0, 0.05) is 19.7 Å². The summed E-state index contributed by atoms with van der Waals surface area (Å²) in [5, 5.41) is 6.02. The van der Waals surface area contributed by atoms with E-state index in [0.717, 1.165) is 6.54 Å². The van der Waals surface area contributed by atoms with Crippen LogP contribution in [0.2, 0.25) is 0 Å². The zero-order valence-electron chi connectivity index (χ0n) is 10.6. The predicted molar refractivity (Wildman–Crippen MR) is 64.9 cm³/mol. The van der Waals surface area contributed by atoms with Crippen LogP contribution in [0.25, 0.3) is 0 Å². The van der Waals surface area contributed by atoms with Gasteiger partial charge in [0.15, 0.2) is 5.76 Å². The number of furan rings is 1. The number of carbonyl (C=O) groups is 1. The molecule has 1 rings (SSSR count). The van der Waals surface area contributed by atoms with Crippen LogP contribution >= 0.6 is 0 Å². The fourth-order valence-corrected chi connectivity index (χ4v) is 1.47. The summed E-state index contributed by atoms with van der Waals surface area (Å²) in [6, 6.07) is 3.64. The van der Waals surface area contributed by atoms with E-state index in [0.29, 0.717) is 24.7 Å². The predicted octanol–water partition coefficient (Wildman–Crippen LogP) is 1.15. The van der Waals surface area contributed by atoms with Crippen LogP contribution in [0, 0.1) is 0 Å². The van der Waals surface area contributed by atoms with Crippen molar-refractivity contribution in [1.82, 2.24) is 10.6 Å². The molecule has 96 valence electrons. The highest BCUT2D eigenvalue weighted by molar-refractivity contribution is 5.91. The highest BCUT2D eigenvalue weighted by Gasteiger charge is 2.11. The first-order chi connectivity index (χ1) is 8.17. The number of ether oxygens (including phenoxy) is 1. The monoisotopic (exact) mass is 240 g/mol. The summed E-state index contributed by atoms with van der Waals surface area (Å²) < 4.78 is 10.2. The van der Waals surface area contributed by atoms with Gasteiger partial charge in [-0.2, -0.15) is 0 Å². The van der Waals surface area contributed by atoms with Gasteiger partial charge in [0.1, 0.15) is 12.4 Å². The minimum atomic E-state index is -0.197. The molecule has 0 bridgehead atoms. The molecule has 0 aliphatic rings. The first-order valence-electron chi connectivity index (χ1n) is 5.76. The Morgan fingerprint density at radius 2 is 2.29 bits per heavy atom. The highest BCUT2D eigenvalue weighted by Crippen LogP contribution is 2.08. The molecule has 0 unspecified atom stereocenters. The summed E-state index contributed by atoms with van der Waals surface area (Å²) in [6.07, 6.45) is 0. The van der Waals surface area contributed by atoms with E-state index in [1.165, 1.54) is 0 Å². The van der Waals surface area contributed by atoms with Crippen molar-refractivity contribution in [3.63, 3.8) is 0 Å². The van der Waals surface area contributed by atoms with E-state index in [1.54, 1.807) is 19.2 Å². The van der Waals surface area contributed by atoms with Gasteiger partial charge < -0.3 is 19.8 Å². The van der Waals surface area contributed by atoms with Crippen LogP contribution in [-0.4, -0.2) is 32.1 Å². The fraction of sp³-hybridized carbons (Fsp3) is 0.583. The van der Waals surface area contributed by atoms with E-state index in [1.807, 2.05) is 13.8 Å². The Balaban J connectivity index is 2.40.